The predicted octanol–water partition coefficient (Wildman–Crippen LogP) is 5.54. The zero-order valence-electron chi connectivity index (χ0n) is 13.4. The van der Waals surface area contributed by atoms with E-state index < -0.39 is 5.97 Å². The van der Waals surface area contributed by atoms with Crippen LogP contribution in [0.5, 0.6) is 0 Å². The highest BCUT2D eigenvalue weighted by Gasteiger charge is 2.03. The maximum absolute atomic E-state index is 10.5. The lowest BCUT2D eigenvalue weighted by atomic mass is 9.96. The van der Waals surface area contributed by atoms with Crippen LogP contribution >= 0.6 is 0 Å². The summed E-state index contributed by atoms with van der Waals surface area (Å²) in [5.41, 5.74) is 3.76. The highest BCUT2D eigenvalue weighted by Crippen LogP contribution is 2.24. The maximum atomic E-state index is 10.5. The summed E-state index contributed by atoms with van der Waals surface area (Å²) in [5, 5.41) is 8.63. The Morgan fingerprint density at radius 2 is 1.30 bits per heavy atom. The molecule has 0 aliphatic rings. The minimum Gasteiger partial charge on any atom is -0.481 e. The number of benzene rings is 2. The lowest BCUT2D eigenvalue weighted by Crippen LogP contribution is -1.93. The second kappa shape index (κ2) is 9.62. The number of carboxylic acids is 1. The molecule has 1 N–H and O–H groups in total. The summed E-state index contributed by atoms with van der Waals surface area (Å²) in [6.45, 7) is 0. The SMILES string of the molecule is O=C(O)CCCCCCC=C(c1ccccc1)c1ccccc1. The van der Waals surface area contributed by atoms with Crippen LogP contribution in [0, 0.1) is 0 Å². The topological polar surface area (TPSA) is 37.3 Å². The van der Waals surface area contributed by atoms with Gasteiger partial charge in [0.15, 0.2) is 0 Å². The van der Waals surface area contributed by atoms with Gasteiger partial charge in [0.2, 0.25) is 0 Å². The largest absolute Gasteiger partial charge is 0.481 e. The fraction of sp³-hybridized carbons (Fsp3) is 0.286. The van der Waals surface area contributed by atoms with Gasteiger partial charge < -0.3 is 5.11 Å². The van der Waals surface area contributed by atoms with E-state index in [1.807, 2.05) is 12.1 Å². The molecule has 0 fully saturated rings. The third-order valence-corrected chi connectivity index (χ3v) is 3.86. The van der Waals surface area contributed by atoms with Crippen LogP contribution < -0.4 is 0 Å². The van der Waals surface area contributed by atoms with Crippen molar-refractivity contribution in [1.82, 2.24) is 0 Å². The summed E-state index contributed by atoms with van der Waals surface area (Å²) in [4.78, 5) is 10.5. The predicted molar refractivity (Wildman–Crippen MR) is 95.3 cm³/mol. The number of rotatable bonds is 9. The van der Waals surface area contributed by atoms with E-state index in [9.17, 15) is 4.79 Å². The molecule has 0 atom stereocenters. The van der Waals surface area contributed by atoms with Crippen molar-refractivity contribution in [2.75, 3.05) is 0 Å². The van der Waals surface area contributed by atoms with E-state index in [4.69, 9.17) is 5.11 Å². The number of carboxylic acid groups (broad SMARTS) is 1. The van der Waals surface area contributed by atoms with Crippen LogP contribution in [-0.2, 0) is 4.79 Å². The average molecular weight is 308 g/mol. The second-order valence-corrected chi connectivity index (χ2v) is 5.70. The number of hydrogen-bond donors (Lipinski definition) is 1. The molecule has 0 unspecified atom stereocenters. The molecule has 0 aliphatic heterocycles. The van der Waals surface area contributed by atoms with Gasteiger partial charge in [0.05, 0.1) is 0 Å². The molecular formula is C21H24O2. The Morgan fingerprint density at radius 3 is 1.83 bits per heavy atom. The first-order valence-electron chi connectivity index (χ1n) is 8.30. The van der Waals surface area contributed by atoms with Crippen LogP contribution in [0.25, 0.3) is 5.57 Å². The Kier molecular flexibility index (Phi) is 7.12. The fourth-order valence-corrected chi connectivity index (χ4v) is 2.66. The van der Waals surface area contributed by atoms with Gasteiger partial charge in [-0.25, -0.2) is 0 Å². The Balaban J connectivity index is 1.94. The average Bonchev–Trinajstić information content (AvgIpc) is 2.59. The molecule has 2 aromatic carbocycles. The Labute approximate surface area is 138 Å². The van der Waals surface area contributed by atoms with Gasteiger partial charge in [-0.2, -0.15) is 0 Å². The molecular weight excluding hydrogens is 284 g/mol. The Bertz CT molecular complexity index is 573. The molecule has 0 spiro atoms. The molecule has 0 saturated carbocycles. The normalized spacial score (nSPS) is 10.3. The van der Waals surface area contributed by atoms with Crippen molar-refractivity contribution in [1.29, 1.82) is 0 Å². The molecule has 0 saturated heterocycles. The van der Waals surface area contributed by atoms with Gasteiger partial charge in [-0.3, -0.25) is 4.79 Å². The first-order valence-corrected chi connectivity index (χ1v) is 8.30. The molecule has 2 aromatic rings. The molecule has 2 nitrogen and oxygen atoms in total. The molecule has 0 heterocycles. The molecule has 0 aromatic heterocycles. The molecule has 0 bridgehead atoms. The molecule has 0 aliphatic carbocycles. The van der Waals surface area contributed by atoms with E-state index in [0.29, 0.717) is 0 Å². The van der Waals surface area contributed by atoms with Gasteiger partial charge >= 0.3 is 5.97 Å². The standard InChI is InChI=1S/C21H24O2/c22-21(23)17-11-3-1-2-10-16-20(18-12-6-4-7-13-18)19-14-8-5-9-15-19/h4-9,12-16H,1-3,10-11,17H2,(H,22,23). The van der Waals surface area contributed by atoms with Crippen molar-refractivity contribution in [3.8, 4) is 0 Å². The first-order chi connectivity index (χ1) is 11.3. The third kappa shape index (κ3) is 6.11. The quantitative estimate of drug-likeness (QED) is 0.617. The van der Waals surface area contributed by atoms with Crippen LogP contribution in [-0.4, -0.2) is 11.1 Å². The number of unbranched alkanes of at least 4 members (excludes halogenated alkanes) is 4. The Hall–Kier alpha value is -2.35. The molecule has 2 rings (SSSR count). The van der Waals surface area contributed by atoms with Crippen molar-refractivity contribution in [3.63, 3.8) is 0 Å². The Morgan fingerprint density at radius 1 is 0.783 bits per heavy atom. The van der Waals surface area contributed by atoms with E-state index in [1.165, 1.54) is 16.7 Å². The van der Waals surface area contributed by atoms with Crippen LogP contribution in [0.4, 0.5) is 0 Å². The van der Waals surface area contributed by atoms with Crippen molar-refractivity contribution in [2.24, 2.45) is 0 Å². The van der Waals surface area contributed by atoms with E-state index >= 15 is 0 Å². The minimum absolute atomic E-state index is 0.287. The summed E-state index contributed by atoms with van der Waals surface area (Å²) in [6.07, 6.45) is 7.57. The molecule has 23 heavy (non-hydrogen) atoms. The van der Waals surface area contributed by atoms with E-state index in [2.05, 4.69) is 54.6 Å². The smallest absolute Gasteiger partial charge is 0.303 e. The van der Waals surface area contributed by atoms with Gasteiger partial charge in [-0.15, -0.1) is 0 Å². The number of hydrogen-bond acceptors (Lipinski definition) is 1. The lowest BCUT2D eigenvalue weighted by Gasteiger charge is -2.09. The lowest BCUT2D eigenvalue weighted by molar-refractivity contribution is -0.137. The van der Waals surface area contributed by atoms with E-state index in [1.54, 1.807) is 0 Å². The second-order valence-electron chi connectivity index (χ2n) is 5.70. The zero-order valence-corrected chi connectivity index (χ0v) is 13.4. The number of carbonyl (C=O) groups is 1. The van der Waals surface area contributed by atoms with Crippen LogP contribution in [0.15, 0.2) is 66.7 Å². The molecule has 0 amide bonds. The van der Waals surface area contributed by atoms with E-state index in [0.717, 1.165) is 32.1 Å². The highest BCUT2D eigenvalue weighted by molar-refractivity contribution is 5.79. The molecule has 120 valence electrons. The third-order valence-electron chi connectivity index (χ3n) is 3.86. The van der Waals surface area contributed by atoms with Gasteiger partial charge in [0, 0.05) is 6.42 Å². The summed E-state index contributed by atoms with van der Waals surface area (Å²) in [6, 6.07) is 20.9. The molecule has 0 radical (unpaired) electrons. The van der Waals surface area contributed by atoms with Crippen LogP contribution in [0.3, 0.4) is 0 Å². The maximum Gasteiger partial charge on any atom is 0.303 e. The number of allylic oxidation sites excluding steroid dienone is 1. The van der Waals surface area contributed by atoms with Crippen molar-refractivity contribution in [3.05, 3.63) is 77.9 Å². The summed E-state index contributed by atoms with van der Waals surface area (Å²) in [7, 11) is 0. The minimum atomic E-state index is -0.694. The van der Waals surface area contributed by atoms with Gasteiger partial charge in [0.25, 0.3) is 0 Å². The zero-order chi connectivity index (χ0) is 16.3. The van der Waals surface area contributed by atoms with Gasteiger partial charge in [-0.1, -0.05) is 79.6 Å². The highest BCUT2D eigenvalue weighted by atomic mass is 16.4. The summed E-state index contributed by atoms with van der Waals surface area (Å²) >= 11 is 0. The van der Waals surface area contributed by atoms with Crippen molar-refractivity contribution in [2.45, 2.75) is 38.5 Å². The van der Waals surface area contributed by atoms with Gasteiger partial charge in [0.1, 0.15) is 0 Å². The van der Waals surface area contributed by atoms with Crippen LogP contribution in [0.2, 0.25) is 0 Å². The molecule has 2 heteroatoms. The van der Waals surface area contributed by atoms with Gasteiger partial charge in [-0.05, 0) is 36.0 Å². The monoisotopic (exact) mass is 308 g/mol. The van der Waals surface area contributed by atoms with Crippen LogP contribution in [0.1, 0.15) is 49.7 Å². The van der Waals surface area contributed by atoms with E-state index in [-0.39, 0.29) is 6.42 Å². The van der Waals surface area contributed by atoms with Crippen molar-refractivity contribution < 1.29 is 9.90 Å². The summed E-state index contributed by atoms with van der Waals surface area (Å²) < 4.78 is 0. The summed E-state index contributed by atoms with van der Waals surface area (Å²) in [5.74, 6) is -0.694. The first kappa shape index (κ1) is 17.0. The number of aliphatic carboxylic acids is 1. The fourth-order valence-electron chi connectivity index (χ4n) is 2.66. The van der Waals surface area contributed by atoms with Crippen molar-refractivity contribution >= 4 is 11.5 Å².